The van der Waals surface area contributed by atoms with Gasteiger partial charge >= 0.3 is 0 Å². The summed E-state index contributed by atoms with van der Waals surface area (Å²) in [6, 6.07) is 2.77. The summed E-state index contributed by atoms with van der Waals surface area (Å²) < 4.78 is 10.7. The van der Waals surface area contributed by atoms with Crippen molar-refractivity contribution in [2.24, 2.45) is 0 Å². The summed E-state index contributed by atoms with van der Waals surface area (Å²) in [5, 5.41) is 12.1. The van der Waals surface area contributed by atoms with Crippen LogP contribution in [0.4, 0.5) is 0 Å². The SMILES string of the molecule is Oc1cc(Cl)c(OCCCCOCC#CCl)c(Cl)c1. The summed E-state index contributed by atoms with van der Waals surface area (Å²) >= 11 is 17.0. The fraction of sp³-hybridized carbons (Fsp3) is 0.385. The number of phenols is 1. The van der Waals surface area contributed by atoms with E-state index in [2.05, 4.69) is 11.3 Å². The maximum atomic E-state index is 9.27. The minimum Gasteiger partial charge on any atom is -0.508 e. The standard InChI is InChI=1S/C13H13Cl3O3/c14-4-3-6-18-5-1-2-7-19-13-11(15)8-10(17)9-12(13)16/h8-9,17H,1-2,5-7H2. The second-order valence-electron chi connectivity index (χ2n) is 3.62. The molecule has 0 amide bonds. The summed E-state index contributed by atoms with van der Waals surface area (Å²) in [6.07, 6.45) is 1.62. The van der Waals surface area contributed by atoms with Gasteiger partial charge < -0.3 is 14.6 Å². The molecule has 0 aliphatic heterocycles. The van der Waals surface area contributed by atoms with Crippen LogP contribution in [-0.2, 0) is 4.74 Å². The van der Waals surface area contributed by atoms with Crippen molar-refractivity contribution in [3.63, 3.8) is 0 Å². The Morgan fingerprint density at radius 2 is 1.74 bits per heavy atom. The molecule has 0 saturated heterocycles. The van der Waals surface area contributed by atoms with E-state index in [0.717, 1.165) is 12.8 Å². The van der Waals surface area contributed by atoms with Crippen LogP contribution in [-0.4, -0.2) is 24.9 Å². The Balaban J connectivity index is 2.24. The molecule has 0 aliphatic carbocycles. The molecule has 1 aromatic carbocycles. The molecule has 19 heavy (non-hydrogen) atoms. The molecule has 6 heteroatoms. The first-order valence-corrected chi connectivity index (χ1v) is 6.75. The average Bonchev–Trinajstić information content (AvgIpc) is 2.35. The topological polar surface area (TPSA) is 38.7 Å². The van der Waals surface area contributed by atoms with Crippen LogP contribution in [0.25, 0.3) is 0 Å². The van der Waals surface area contributed by atoms with Crippen LogP contribution in [0.2, 0.25) is 10.0 Å². The monoisotopic (exact) mass is 322 g/mol. The van der Waals surface area contributed by atoms with E-state index in [1.165, 1.54) is 12.1 Å². The largest absolute Gasteiger partial charge is 0.508 e. The van der Waals surface area contributed by atoms with Crippen molar-refractivity contribution in [1.82, 2.24) is 0 Å². The molecule has 104 valence electrons. The van der Waals surface area contributed by atoms with Crippen LogP contribution in [0.1, 0.15) is 12.8 Å². The maximum absolute atomic E-state index is 9.27. The first kappa shape index (κ1) is 16.3. The Hall–Kier alpha value is -0.790. The van der Waals surface area contributed by atoms with Crippen LogP contribution in [0.15, 0.2) is 12.1 Å². The van der Waals surface area contributed by atoms with Gasteiger partial charge in [-0.3, -0.25) is 0 Å². The molecule has 0 unspecified atom stereocenters. The number of halogens is 3. The number of hydrogen-bond donors (Lipinski definition) is 1. The molecule has 3 nitrogen and oxygen atoms in total. The second-order valence-corrected chi connectivity index (χ2v) is 4.62. The fourth-order valence-corrected chi connectivity index (χ4v) is 1.95. The van der Waals surface area contributed by atoms with E-state index in [4.69, 9.17) is 44.3 Å². The average molecular weight is 324 g/mol. The van der Waals surface area contributed by atoms with E-state index >= 15 is 0 Å². The highest BCUT2D eigenvalue weighted by atomic mass is 35.5. The zero-order valence-electron chi connectivity index (χ0n) is 10.1. The highest BCUT2D eigenvalue weighted by molar-refractivity contribution is 6.37. The van der Waals surface area contributed by atoms with Gasteiger partial charge in [-0.05, 0) is 24.4 Å². The maximum Gasteiger partial charge on any atom is 0.156 e. The van der Waals surface area contributed by atoms with Crippen LogP contribution in [0.5, 0.6) is 11.5 Å². The third-order valence-corrected chi connectivity index (χ3v) is 2.85. The summed E-state index contributed by atoms with van der Waals surface area (Å²) in [6.45, 7) is 1.39. The number of ether oxygens (including phenoxy) is 2. The fourth-order valence-electron chi connectivity index (χ4n) is 1.32. The molecule has 0 bridgehead atoms. The number of aromatic hydroxyl groups is 1. The number of benzene rings is 1. The van der Waals surface area contributed by atoms with Gasteiger partial charge in [0.05, 0.1) is 16.7 Å². The van der Waals surface area contributed by atoms with Gasteiger partial charge in [0, 0.05) is 24.1 Å². The van der Waals surface area contributed by atoms with Crippen molar-refractivity contribution >= 4 is 34.8 Å². The van der Waals surface area contributed by atoms with Crippen molar-refractivity contribution < 1.29 is 14.6 Å². The van der Waals surface area contributed by atoms with Crippen LogP contribution in [0.3, 0.4) is 0 Å². The van der Waals surface area contributed by atoms with Crippen molar-refractivity contribution in [3.8, 4) is 22.8 Å². The van der Waals surface area contributed by atoms with Crippen LogP contribution in [0, 0.1) is 11.3 Å². The zero-order valence-corrected chi connectivity index (χ0v) is 12.4. The lowest BCUT2D eigenvalue weighted by Crippen LogP contribution is -2.01. The number of phenolic OH excluding ortho intramolecular Hbond substituents is 1. The molecule has 1 rings (SSSR count). The van der Waals surface area contributed by atoms with E-state index in [1.807, 2.05) is 0 Å². The van der Waals surface area contributed by atoms with Gasteiger partial charge in [-0.15, -0.1) is 0 Å². The molecule has 0 spiro atoms. The van der Waals surface area contributed by atoms with Crippen molar-refractivity contribution in [2.45, 2.75) is 12.8 Å². The van der Waals surface area contributed by atoms with Crippen molar-refractivity contribution in [2.75, 3.05) is 19.8 Å². The molecule has 0 radical (unpaired) electrons. The molecular formula is C13H13Cl3O3. The lowest BCUT2D eigenvalue weighted by atomic mass is 10.3. The highest BCUT2D eigenvalue weighted by Crippen LogP contribution is 2.36. The van der Waals surface area contributed by atoms with Gasteiger partial charge in [-0.1, -0.05) is 29.1 Å². The smallest absolute Gasteiger partial charge is 0.156 e. The number of hydrogen-bond acceptors (Lipinski definition) is 3. The Kier molecular flexibility index (Phi) is 7.85. The van der Waals surface area contributed by atoms with E-state index in [0.29, 0.717) is 35.6 Å². The van der Waals surface area contributed by atoms with Gasteiger partial charge in [0.2, 0.25) is 0 Å². The quantitative estimate of drug-likeness (QED) is 0.607. The predicted molar refractivity (Wildman–Crippen MR) is 77.3 cm³/mol. The van der Waals surface area contributed by atoms with E-state index < -0.39 is 0 Å². The van der Waals surface area contributed by atoms with Crippen molar-refractivity contribution in [1.29, 1.82) is 0 Å². The second kappa shape index (κ2) is 9.17. The molecular weight excluding hydrogens is 310 g/mol. The molecule has 1 N–H and O–H groups in total. The lowest BCUT2D eigenvalue weighted by Gasteiger charge is -2.10. The summed E-state index contributed by atoms with van der Waals surface area (Å²) in [5.41, 5.74) is 0. The number of unbranched alkanes of at least 4 members (excludes halogenated alkanes) is 1. The van der Waals surface area contributed by atoms with Crippen LogP contribution < -0.4 is 4.74 Å². The molecule has 0 fully saturated rings. The molecule has 0 heterocycles. The van der Waals surface area contributed by atoms with Gasteiger partial charge in [-0.25, -0.2) is 0 Å². The first-order chi connectivity index (χ1) is 9.15. The minimum atomic E-state index is 0.0103. The predicted octanol–water partition coefficient (Wildman–Crippen LogP) is 4.07. The van der Waals surface area contributed by atoms with Gasteiger partial charge in [0.25, 0.3) is 0 Å². The Morgan fingerprint density at radius 3 is 2.37 bits per heavy atom. The van der Waals surface area contributed by atoms with E-state index in [1.54, 1.807) is 0 Å². The van der Waals surface area contributed by atoms with Crippen LogP contribution >= 0.6 is 34.8 Å². The summed E-state index contributed by atoms with van der Waals surface area (Å²) in [5.74, 6) is 2.98. The van der Waals surface area contributed by atoms with Gasteiger partial charge in [0.15, 0.2) is 5.75 Å². The van der Waals surface area contributed by atoms with E-state index in [9.17, 15) is 5.11 Å². The Labute approximate surface area is 127 Å². The normalized spacial score (nSPS) is 9.84. The van der Waals surface area contributed by atoms with Crippen molar-refractivity contribution in [3.05, 3.63) is 22.2 Å². The molecule has 0 saturated carbocycles. The summed E-state index contributed by atoms with van der Waals surface area (Å²) in [7, 11) is 0. The van der Waals surface area contributed by atoms with Gasteiger partial charge in [-0.2, -0.15) is 0 Å². The van der Waals surface area contributed by atoms with E-state index in [-0.39, 0.29) is 5.75 Å². The molecule has 0 aromatic heterocycles. The molecule has 0 atom stereocenters. The first-order valence-electron chi connectivity index (χ1n) is 5.62. The highest BCUT2D eigenvalue weighted by Gasteiger charge is 2.09. The summed E-state index contributed by atoms with van der Waals surface area (Å²) in [4.78, 5) is 0. The minimum absolute atomic E-state index is 0.0103. The zero-order chi connectivity index (χ0) is 14.1. The third kappa shape index (κ3) is 6.26. The Bertz CT molecular complexity index is 443. The number of rotatable bonds is 7. The molecule has 1 aromatic rings. The lowest BCUT2D eigenvalue weighted by molar-refractivity contribution is 0.156. The molecule has 0 aliphatic rings. The van der Waals surface area contributed by atoms with Gasteiger partial charge in [0.1, 0.15) is 12.4 Å². The third-order valence-electron chi connectivity index (χ3n) is 2.15. The Morgan fingerprint density at radius 1 is 1.11 bits per heavy atom.